The molecule has 2 unspecified atom stereocenters. The molecular weight excluding hydrogens is 180 g/mol. The lowest BCUT2D eigenvalue weighted by Crippen LogP contribution is -2.24. The molecule has 1 aliphatic rings. The first-order valence-corrected chi connectivity index (χ1v) is 4.67. The van der Waals surface area contributed by atoms with E-state index in [1.54, 1.807) is 0 Å². The second kappa shape index (κ2) is 3.42. The predicted molar refractivity (Wildman–Crippen MR) is 50.8 cm³/mol. The van der Waals surface area contributed by atoms with Crippen LogP contribution in [0.2, 0.25) is 0 Å². The molecule has 0 amide bonds. The molecule has 14 heavy (non-hydrogen) atoms. The number of carbonyl (C=O) groups is 1. The highest BCUT2D eigenvalue weighted by Gasteiger charge is 2.29. The van der Waals surface area contributed by atoms with Gasteiger partial charge in [-0.25, -0.2) is 0 Å². The summed E-state index contributed by atoms with van der Waals surface area (Å²) in [5.41, 5.74) is 1.84. The molecule has 74 valence electrons. The second-order valence-corrected chi connectivity index (χ2v) is 3.69. The van der Waals surface area contributed by atoms with Gasteiger partial charge in [0.1, 0.15) is 0 Å². The first kappa shape index (κ1) is 9.21. The summed E-state index contributed by atoms with van der Waals surface area (Å²) < 4.78 is 0. The number of aliphatic carboxylic acids is 1. The van der Waals surface area contributed by atoms with E-state index in [0.717, 1.165) is 11.1 Å². The van der Waals surface area contributed by atoms with Gasteiger partial charge in [-0.15, -0.1) is 0 Å². The van der Waals surface area contributed by atoms with E-state index in [2.05, 4.69) is 0 Å². The molecule has 1 aromatic rings. The van der Waals surface area contributed by atoms with Crippen molar-refractivity contribution in [2.45, 2.75) is 18.9 Å². The van der Waals surface area contributed by atoms with E-state index in [-0.39, 0.29) is 0 Å². The van der Waals surface area contributed by atoms with Crippen molar-refractivity contribution in [2.75, 3.05) is 0 Å². The molecule has 2 N–H and O–H groups in total. The molecule has 0 radical (unpaired) electrons. The van der Waals surface area contributed by atoms with Crippen LogP contribution in [0.3, 0.4) is 0 Å². The molecular formula is C11H12O3. The lowest BCUT2D eigenvalue weighted by molar-refractivity contribution is -0.143. The number of hydrogen-bond acceptors (Lipinski definition) is 2. The molecule has 3 nitrogen and oxygen atoms in total. The predicted octanol–water partition coefficient (Wildman–Crippen LogP) is 1.37. The average Bonchev–Trinajstić information content (AvgIpc) is 2.17. The van der Waals surface area contributed by atoms with E-state index in [0.29, 0.717) is 12.8 Å². The van der Waals surface area contributed by atoms with Crippen molar-refractivity contribution < 1.29 is 15.0 Å². The molecule has 0 heterocycles. The molecule has 0 bridgehead atoms. The highest BCUT2D eigenvalue weighted by Crippen LogP contribution is 2.32. The number of fused-ring (bicyclic) bond motifs is 1. The van der Waals surface area contributed by atoms with Crippen LogP contribution in [0.15, 0.2) is 24.3 Å². The quantitative estimate of drug-likeness (QED) is 0.706. The van der Waals surface area contributed by atoms with Crippen LogP contribution >= 0.6 is 0 Å². The minimum absolute atomic E-state index is 0.326. The number of carboxylic acids is 1. The van der Waals surface area contributed by atoms with E-state index in [1.807, 2.05) is 24.3 Å². The first-order valence-electron chi connectivity index (χ1n) is 4.67. The van der Waals surface area contributed by atoms with Gasteiger partial charge in [0.05, 0.1) is 12.0 Å². The maximum atomic E-state index is 10.8. The number of hydrogen-bond donors (Lipinski definition) is 2. The van der Waals surface area contributed by atoms with Gasteiger partial charge in [-0.1, -0.05) is 24.3 Å². The maximum absolute atomic E-state index is 10.8. The van der Waals surface area contributed by atoms with Gasteiger partial charge in [-0.2, -0.15) is 0 Å². The average molecular weight is 192 g/mol. The fraction of sp³-hybridized carbons (Fsp3) is 0.364. The van der Waals surface area contributed by atoms with Gasteiger partial charge in [-0.05, 0) is 24.0 Å². The fourth-order valence-corrected chi connectivity index (χ4v) is 1.98. The number of carboxylic acid groups (broad SMARTS) is 1. The molecule has 1 aliphatic carbocycles. The Balaban J connectivity index is 2.33. The summed E-state index contributed by atoms with van der Waals surface area (Å²) in [7, 11) is 0. The zero-order chi connectivity index (χ0) is 10.1. The Morgan fingerprint density at radius 2 is 2.07 bits per heavy atom. The summed E-state index contributed by atoms with van der Waals surface area (Å²) in [6, 6.07) is 7.48. The Morgan fingerprint density at radius 1 is 1.36 bits per heavy atom. The van der Waals surface area contributed by atoms with Gasteiger partial charge in [0.15, 0.2) is 0 Å². The summed E-state index contributed by atoms with van der Waals surface area (Å²) in [6.07, 6.45) is 0.232. The highest BCUT2D eigenvalue weighted by molar-refractivity contribution is 5.71. The Bertz CT molecular complexity index is 359. The lowest BCUT2D eigenvalue weighted by atomic mass is 9.82. The minimum atomic E-state index is -0.821. The smallest absolute Gasteiger partial charge is 0.306 e. The monoisotopic (exact) mass is 192 g/mol. The van der Waals surface area contributed by atoms with Gasteiger partial charge in [0.25, 0.3) is 0 Å². The molecule has 0 aromatic heterocycles. The van der Waals surface area contributed by atoms with Crippen LogP contribution in [0.1, 0.15) is 23.7 Å². The summed E-state index contributed by atoms with van der Waals surface area (Å²) in [6.45, 7) is 0. The normalized spacial score (nSPS) is 25.5. The van der Waals surface area contributed by atoms with Crippen molar-refractivity contribution in [1.82, 2.24) is 0 Å². The second-order valence-electron chi connectivity index (χ2n) is 3.69. The lowest BCUT2D eigenvalue weighted by Gasteiger charge is -2.25. The number of aliphatic hydroxyl groups excluding tert-OH is 1. The molecule has 3 heteroatoms. The highest BCUT2D eigenvalue weighted by atomic mass is 16.4. The third-order valence-electron chi connectivity index (χ3n) is 2.74. The third-order valence-corrected chi connectivity index (χ3v) is 2.74. The van der Waals surface area contributed by atoms with E-state index in [1.165, 1.54) is 0 Å². The maximum Gasteiger partial charge on any atom is 0.306 e. The summed E-state index contributed by atoms with van der Waals surface area (Å²) in [5, 5.41) is 18.6. The number of rotatable bonds is 1. The topological polar surface area (TPSA) is 57.5 Å². The van der Waals surface area contributed by atoms with E-state index >= 15 is 0 Å². The molecule has 0 saturated carbocycles. The number of benzene rings is 1. The standard InChI is InChI=1S/C11H12O3/c12-10-6-8(11(13)14)5-7-3-1-2-4-9(7)10/h1-4,8,10,12H,5-6H2,(H,13,14). The Kier molecular flexibility index (Phi) is 2.25. The van der Waals surface area contributed by atoms with Gasteiger partial charge in [0.2, 0.25) is 0 Å². The SMILES string of the molecule is O=C(O)C1Cc2ccccc2C(O)C1. The van der Waals surface area contributed by atoms with Crippen molar-refractivity contribution in [3.8, 4) is 0 Å². The number of aliphatic hydroxyl groups is 1. The summed E-state index contributed by atoms with van der Waals surface area (Å²) in [5.74, 6) is -1.27. The van der Waals surface area contributed by atoms with Gasteiger partial charge in [0, 0.05) is 0 Å². The van der Waals surface area contributed by atoms with Crippen LogP contribution in [0.25, 0.3) is 0 Å². The zero-order valence-electron chi connectivity index (χ0n) is 7.68. The molecule has 0 aliphatic heterocycles. The van der Waals surface area contributed by atoms with Crippen molar-refractivity contribution in [3.05, 3.63) is 35.4 Å². The molecule has 2 rings (SSSR count). The van der Waals surface area contributed by atoms with Crippen molar-refractivity contribution in [1.29, 1.82) is 0 Å². The Hall–Kier alpha value is -1.35. The van der Waals surface area contributed by atoms with Crippen LogP contribution < -0.4 is 0 Å². The summed E-state index contributed by atoms with van der Waals surface area (Å²) in [4.78, 5) is 10.8. The van der Waals surface area contributed by atoms with Crippen molar-refractivity contribution in [2.24, 2.45) is 5.92 Å². The fourth-order valence-electron chi connectivity index (χ4n) is 1.98. The van der Waals surface area contributed by atoms with Crippen molar-refractivity contribution >= 4 is 5.97 Å². The third kappa shape index (κ3) is 1.51. The van der Waals surface area contributed by atoms with Gasteiger partial charge >= 0.3 is 5.97 Å². The molecule has 0 spiro atoms. The summed E-state index contributed by atoms with van der Waals surface area (Å²) >= 11 is 0. The largest absolute Gasteiger partial charge is 0.481 e. The van der Waals surface area contributed by atoms with Crippen LogP contribution in [0.4, 0.5) is 0 Å². The zero-order valence-corrected chi connectivity index (χ0v) is 7.68. The Labute approximate surface area is 82.0 Å². The van der Waals surface area contributed by atoms with Crippen LogP contribution in [-0.2, 0) is 11.2 Å². The van der Waals surface area contributed by atoms with Crippen LogP contribution in [0, 0.1) is 5.92 Å². The van der Waals surface area contributed by atoms with E-state index < -0.39 is 18.0 Å². The van der Waals surface area contributed by atoms with Crippen LogP contribution in [-0.4, -0.2) is 16.2 Å². The molecule has 1 aromatic carbocycles. The first-order chi connectivity index (χ1) is 6.68. The van der Waals surface area contributed by atoms with E-state index in [4.69, 9.17) is 5.11 Å². The Morgan fingerprint density at radius 3 is 2.79 bits per heavy atom. The minimum Gasteiger partial charge on any atom is -0.481 e. The molecule has 0 fully saturated rings. The molecule has 2 atom stereocenters. The molecule has 0 saturated heterocycles. The van der Waals surface area contributed by atoms with Crippen molar-refractivity contribution in [3.63, 3.8) is 0 Å². The van der Waals surface area contributed by atoms with Crippen LogP contribution in [0.5, 0.6) is 0 Å². The van der Waals surface area contributed by atoms with Gasteiger partial charge < -0.3 is 10.2 Å². The van der Waals surface area contributed by atoms with Gasteiger partial charge in [-0.3, -0.25) is 4.79 Å². The van der Waals surface area contributed by atoms with E-state index in [9.17, 15) is 9.90 Å².